The Bertz CT molecular complexity index is 1070. The number of aromatic nitrogens is 2. The Hall–Kier alpha value is -3.41. The van der Waals surface area contributed by atoms with Gasteiger partial charge in [0.2, 0.25) is 5.91 Å². The van der Waals surface area contributed by atoms with Crippen LogP contribution in [-0.4, -0.2) is 40.0 Å². The number of nitrogens with one attached hydrogen (secondary N) is 2. The van der Waals surface area contributed by atoms with E-state index in [1.54, 1.807) is 11.1 Å². The van der Waals surface area contributed by atoms with Gasteiger partial charge in [-0.3, -0.25) is 14.7 Å². The van der Waals surface area contributed by atoms with Gasteiger partial charge in [0, 0.05) is 24.5 Å². The fourth-order valence-electron chi connectivity index (χ4n) is 3.96. The van der Waals surface area contributed by atoms with E-state index < -0.39 is 0 Å². The van der Waals surface area contributed by atoms with Crippen LogP contribution in [0.3, 0.4) is 0 Å². The van der Waals surface area contributed by atoms with Gasteiger partial charge in [-0.2, -0.15) is 5.10 Å². The summed E-state index contributed by atoms with van der Waals surface area (Å²) in [6, 6.07) is 16.2. The molecule has 2 aromatic carbocycles. The average molecular weight is 402 g/mol. The highest BCUT2D eigenvalue weighted by atomic mass is 16.2. The van der Waals surface area contributed by atoms with Crippen molar-refractivity contribution >= 4 is 17.5 Å². The van der Waals surface area contributed by atoms with E-state index in [4.69, 9.17) is 0 Å². The molecule has 1 aromatic heterocycles. The van der Waals surface area contributed by atoms with Crippen molar-refractivity contribution in [2.45, 2.75) is 26.7 Å². The molecule has 1 saturated heterocycles. The van der Waals surface area contributed by atoms with Gasteiger partial charge in [-0.15, -0.1) is 0 Å². The van der Waals surface area contributed by atoms with E-state index in [0.29, 0.717) is 18.7 Å². The number of hydrogen-bond donors (Lipinski definition) is 2. The van der Waals surface area contributed by atoms with E-state index in [0.717, 1.165) is 35.3 Å². The number of rotatable bonds is 4. The van der Waals surface area contributed by atoms with E-state index in [1.807, 2.05) is 37.3 Å². The van der Waals surface area contributed by atoms with Gasteiger partial charge in [0.1, 0.15) is 0 Å². The van der Waals surface area contributed by atoms with Crippen LogP contribution in [0, 0.1) is 19.8 Å². The lowest BCUT2D eigenvalue weighted by Gasteiger charge is -2.32. The molecule has 6 heteroatoms. The molecular formula is C24H26N4O2. The molecule has 3 aromatic rings. The minimum atomic E-state index is -0.225. The van der Waals surface area contributed by atoms with Crippen molar-refractivity contribution in [1.29, 1.82) is 0 Å². The monoisotopic (exact) mass is 402 g/mol. The molecule has 4 rings (SSSR count). The predicted molar refractivity (Wildman–Crippen MR) is 117 cm³/mol. The Labute approximate surface area is 176 Å². The standard InChI is InChI=1S/C24H26N4O2/c1-16-6-3-7-18(12-16)19-8-4-10-21(13-19)26-23(29)20-9-5-11-28(15-20)24(30)22-14-25-27-17(22)2/h3-4,6-8,10,12-14,20H,5,9,11,15H2,1-2H3,(H,25,27)(H,26,29)/t20-/m1/s1. The first kappa shape index (κ1) is 19.9. The van der Waals surface area contributed by atoms with Crippen molar-refractivity contribution in [1.82, 2.24) is 15.1 Å². The zero-order valence-electron chi connectivity index (χ0n) is 17.3. The van der Waals surface area contributed by atoms with Gasteiger partial charge < -0.3 is 10.2 Å². The molecule has 1 aliphatic heterocycles. The number of amides is 2. The predicted octanol–water partition coefficient (Wildman–Crippen LogP) is 4.18. The minimum absolute atomic E-state index is 0.0437. The topological polar surface area (TPSA) is 78.1 Å². The number of aromatic amines is 1. The highest BCUT2D eigenvalue weighted by Crippen LogP contribution is 2.25. The van der Waals surface area contributed by atoms with Crippen LogP contribution in [0.5, 0.6) is 0 Å². The highest BCUT2D eigenvalue weighted by Gasteiger charge is 2.30. The Balaban J connectivity index is 1.44. The van der Waals surface area contributed by atoms with Crippen molar-refractivity contribution in [2.24, 2.45) is 5.92 Å². The van der Waals surface area contributed by atoms with E-state index >= 15 is 0 Å². The number of aryl methyl sites for hydroxylation is 2. The van der Waals surface area contributed by atoms with Gasteiger partial charge in [-0.25, -0.2) is 0 Å². The van der Waals surface area contributed by atoms with E-state index in [-0.39, 0.29) is 17.7 Å². The van der Waals surface area contributed by atoms with Crippen LogP contribution in [-0.2, 0) is 4.79 Å². The van der Waals surface area contributed by atoms with Gasteiger partial charge in [0.05, 0.1) is 17.7 Å². The first-order valence-electron chi connectivity index (χ1n) is 10.3. The molecule has 0 aliphatic carbocycles. The lowest BCUT2D eigenvalue weighted by molar-refractivity contribution is -0.121. The molecule has 0 unspecified atom stereocenters. The molecule has 0 radical (unpaired) electrons. The average Bonchev–Trinajstić information content (AvgIpc) is 3.19. The zero-order chi connectivity index (χ0) is 21.1. The molecule has 2 amide bonds. The molecule has 0 saturated carbocycles. The Morgan fingerprint density at radius 3 is 2.60 bits per heavy atom. The maximum atomic E-state index is 12.9. The maximum absolute atomic E-state index is 12.9. The summed E-state index contributed by atoms with van der Waals surface area (Å²) in [5.74, 6) is -0.337. The van der Waals surface area contributed by atoms with Gasteiger partial charge in [-0.05, 0) is 49.9 Å². The summed E-state index contributed by atoms with van der Waals surface area (Å²) < 4.78 is 0. The van der Waals surface area contributed by atoms with E-state index in [9.17, 15) is 9.59 Å². The molecule has 2 N–H and O–H groups in total. The van der Waals surface area contributed by atoms with Crippen molar-refractivity contribution in [3.05, 3.63) is 71.5 Å². The van der Waals surface area contributed by atoms with Crippen LogP contribution in [0.2, 0.25) is 0 Å². The molecule has 1 aliphatic rings. The number of H-pyrrole nitrogens is 1. The van der Waals surface area contributed by atoms with Crippen LogP contribution < -0.4 is 5.32 Å². The molecule has 0 bridgehead atoms. The fraction of sp³-hybridized carbons (Fsp3) is 0.292. The van der Waals surface area contributed by atoms with Crippen molar-refractivity contribution in [2.75, 3.05) is 18.4 Å². The normalized spacial score (nSPS) is 16.3. The van der Waals surface area contributed by atoms with E-state index in [1.165, 1.54) is 5.56 Å². The number of carbonyl (C=O) groups is 2. The Morgan fingerprint density at radius 1 is 1.10 bits per heavy atom. The number of nitrogens with zero attached hydrogens (tertiary/aromatic N) is 2. The number of hydrogen-bond acceptors (Lipinski definition) is 3. The maximum Gasteiger partial charge on any atom is 0.257 e. The van der Waals surface area contributed by atoms with Crippen LogP contribution in [0.1, 0.15) is 34.5 Å². The number of benzene rings is 2. The molecule has 6 nitrogen and oxygen atoms in total. The first-order valence-corrected chi connectivity index (χ1v) is 10.3. The number of carbonyl (C=O) groups excluding carboxylic acids is 2. The van der Waals surface area contributed by atoms with Crippen LogP contribution in [0.15, 0.2) is 54.7 Å². The summed E-state index contributed by atoms with van der Waals surface area (Å²) >= 11 is 0. The number of piperidine rings is 1. The van der Waals surface area contributed by atoms with Crippen LogP contribution >= 0.6 is 0 Å². The van der Waals surface area contributed by atoms with Gasteiger partial charge >= 0.3 is 0 Å². The molecule has 2 heterocycles. The summed E-state index contributed by atoms with van der Waals surface area (Å²) in [5, 5.41) is 9.78. The number of likely N-dealkylation sites (tertiary alicyclic amines) is 1. The second kappa shape index (κ2) is 8.53. The highest BCUT2D eigenvalue weighted by molar-refractivity contribution is 5.97. The summed E-state index contributed by atoms with van der Waals surface area (Å²) in [6.45, 7) is 4.98. The molecule has 154 valence electrons. The third-order valence-corrected chi connectivity index (χ3v) is 5.62. The second-order valence-corrected chi connectivity index (χ2v) is 7.94. The lowest BCUT2D eigenvalue weighted by atomic mass is 9.96. The Morgan fingerprint density at radius 2 is 1.87 bits per heavy atom. The van der Waals surface area contributed by atoms with Crippen molar-refractivity contribution in [3.8, 4) is 11.1 Å². The minimum Gasteiger partial charge on any atom is -0.338 e. The third kappa shape index (κ3) is 4.27. The quantitative estimate of drug-likeness (QED) is 0.687. The fourth-order valence-corrected chi connectivity index (χ4v) is 3.96. The molecule has 30 heavy (non-hydrogen) atoms. The summed E-state index contributed by atoms with van der Waals surface area (Å²) in [7, 11) is 0. The van der Waals surface area contributed by atoms with Gasteiger partial charge in [0.25, 0.3) is 5.91 Å². The molecule has 0 spiro atoms. The van der Waals surface area contributed by atoms with Gasteiger partial charge in [0.15, 0.2) is 0 Å². The largest absolute Gasteiger partial charge is 0.338 e. The molecular weight excluding hydrogens is 376 g/mol. The smallest absolute Gasteiger partial charge is 0.257 e. The molecule has 1 fully saturated rings. The first-order chi connectivity index (χ1) is 14.5. The van der Waals surface area contributed by atoms with Crippen LogP contribution in [0.25, 0.3) is 11.1 Å². The molecule has 1 atom stereocenters. The number of anilines is 1. The lowest BCUT2D eigenvalue weighted by Crippen LogP contribution is -2.43. The van der Waals surface area contributed by atoms with Crippen molar-refractivity contribution < 1.29 is 9.59 Å². The summed E-state index contributed by atoms with van der Waals surface area (Å²) in [5.41, 5.74) is 5.47. The second-order valence-electron chi connectivity index (χ2n) is 7.94. The SMILES string of the molecule is Cc1cccc(-c2cccc(NC(=O)[C@@H]3CCCN(C(=O)c4cn[nH]c4C)C3)c2)c1. The van der Waals surface area contributed by atoms with E-state index in [2.05, 4.69) is 40.6 Å². The van der Waals surface area contributed by atoms with Gasteiger partial charge in [-0.1, -0.05) is 42.0 Å². The summed E-state index contributed by atoms with van der Waals surface area (Å²) in [6.07, 6.45) is 3.14. The zero-order valence-corrected chi connectivity index (χ0v) is 17.3. The van der Waals surface area contributed by atoms with Crippen molar-refractivity contribution in [3.63, 3.8) is 0 Å². The van der Waals surface area contributed by atoms with Crippen LogP contribution in [0.4, 0.5) is 5.69 Å². The Kier molecular flexibility index (Phi) is 5.65. The summed E-state index contributed by atoms with van der Waals surface area (Å²) in [4.78, 5) is 27.5. The third-order valence-electron chi connectivity index (χ3n) is 5.62.